The van der Waals surface area contributed by atoms with Crippen LogP contribution in [0.2, 0.25) is 0 Å². The van der Waals surface area contributed by atoms with Crippen molar-refractivity contribution in [2.24, 2.45) is 5.73 Å². The molecule has 5 heteroatoms. The lowest BCUT2D eigenvalue weighted by Crippen LogP contribution is -2.46. The highest BCUT2D eigenvalue weighted by molar-refractivity contribution is 7.99. The molecule has 2 aromatic rings. The molecule has 0 spiro atoms. The van der Waals surface area contributed by atoms with Gasteiger partial charge in [-0.25, -0.2) is 0 Å². The van der Waals surface area contributed by atoms with E-state index in [0.717, 1.165) is 22.2 Å². The number of aliphatic carboxylic acids is 1. The summed E-state index contributed by atoms with van der Waals surface area (Å²) in [6.45, 7) is 3.72. The van der Waals surface area contributed by atoms with Crippen molar-refractivity contribution in [3.8, 4) is 0 Å². The molecule has 106 valence electrons. The number of pyridine rings is 1. The topological polar surface area (TPSA) is 76.2 Å². The number of aromatic nitrogens is 1. The molecule has 0 amide bonds. The van der Waals surface area contributed by atoms with Crippen LogP contribution in [0.1, 0.15) is 19.4 Å². The molecule has 1 heterocycles. The zero-order valence-electron chi connectivity index (χ0n) is 11.5. The molecule has 0 radical (unpaired) electrons. The van der Waals surface area contributed by atoms with Gasteiger partial charge in [0.1, 0.15) is 6.04 Å². The molecular weight excluding hydrogens is 272 g/mol. The molecule has 0 aliphatic heterocycles. The van der Waals surface area contributed by atoms with Crippen LogP contribution in [-0.4, -0.2) is 26.8 Å². The first-order valence-corrected chi connectivity index (χ1v) is 7.35. The first-order chi connectivity index (χ1) is 9.40. The van der Waals surface area contributed by atoms with E-state index in [1.807, 2.05) is 38.1 Å². The molecule has 0 fully saturated rings. The van der Waals surface area contributed by atoms with Crippen LogP contribution in [0.25, 0.3) is 10.9 Å². The Morgan fingerprint density at radius 1 is 1.45 bits per heavy atom. The fraction of sp³-hybridized carbons (Fsp3) is 0.333. The van der Waals surface area contributed by atoms with Crippen LogP contribution in [0, 0.1) is 0 Å². The standard InChI is InChI=1S/C15H18N2O2S/c1-15(2,13(16)14(18)19)20-9-10-5-6-12-11(8-10)4-3-7-17-12/h3-8,13H,9,16H2,1-2H3,(H,18,19)/t13-/m0/s1. The van der Waals surface area contributed by atoms with Gasteiger partial charge in [0.05, 0.1) is 5.52 Å². The van der Waals surface area contributed by atoms with Gasteiger partial charge in [0, 0.05) is 22.1 Å². The first kappa shape index (κ1) is 14.8. The number of hydrogen-bond donors (Lipinski definition) is 2. The van der Waals surface area contributed by atoms with E-state index in [2.05, 4.69) is 11.1 Å². The predicted octanol–water partition coefficient (Wildman–Crippen LogP) is 2.66. The summed E-state index contributed by atoms with van der Waals surface area (Å²) < 4.78 is -0.518. The number of benzene rings is 1. The van der Waals surface area contributed by atoms with Crippen molar-refractivity contribution in [3.05, 3.63) is 42.1 Å². The molecular formula is C15H18N2O2S. The quantitative estimate of drug-likeness (QED) is 0.885. The third kappa shape index (κ3) is 3.29. The van der Waals surface area contributed by atoms with Crippen LogP contribution in [0.15, 0.2) is 36.5 Å². The number of nitrogens with two attached hydrogens (primary N) is 1. The lowest BCUT2D eigenvalue weighted by Gasteiger charge is -2.28. The molecule has 1 aromatic carbocycles. The van der Waals surface area contributed by atoms with E-state index in [4.69, 9.17) is 10.8 Å². The van der Waals surface area contributed by atoms with Crippen LogP contribution in [0.4, 0.5) is 0 Å². The Labute approximate surface area is 122 Å². The molecule has 1 aromatic heterocycles. The molecule has 4 nitrogen and oxygen atoms in total. The molecule has 0 aliphatic carbocycles. The van der Waals surface area contributed by atoms with Crippen LogP contribution in [0.3, 0.4) is 0 Å². The number of fused-ring (bicyclic) bond motifs is 1. The number of thioether (sulfide) groups is 1. The third-order valence-corrected chi connectivity index (χ3v) is 4.77. The summed E-state index contributed by atoms with van der Waals surface area (Å²) in [6, 6.07) is 9.13. The molecule has 3 N–H and O–H groups in total. The molecule has 1 atom stereocenters. The van der Waals surface area contributed by atoms with Crippen LogP contribution in [0.5, 0.6) is 0 Å². The summed E-state index contributed by atoms with van der Waals surface area (Å²) in [5.41, 5.74) is 7.82. The molecule has 0 bridgehead atoms. The van der Waals surface area contributed by atoms with Gasteiger partial charge in [0.15, 0.2) is 0 Å². The minimum absolute atomic E-state index is 0.518. The van der Waals surface area contributed by atoms with Gasteiger partial charge in [-0.05, 0) is 37.6 Å². The summed E-state index contributed by atoms with van der Waals surface area (Å²) in [5, 5.41) is 10.1. The minimum atomic E-state index is -0.967. The molecule has 0 aliphatic rings. The average molecular weight is 290 g/mol. The highest BCUT2D eigenvalue weighted by atomic mass is 32.2. The monoisotopic (exact) mass is 290 g/mol. The second kappa shape index (κ2) is 5.81. The lowest BCUT2D eigenvalue weighted by molar-refractivity contribution is -0.139. The van der Waals surface area contributed by atoms with Crippen molar-refractivity contribution < 1.29 is 9.90 Å². The molecule has 2 rings (SSSR count). The normalized spacial score (nSPS) is 13.3. The van der Waals surface area contributed by atoms with Gasteiger partial charge in [-0.2, -0.15) is 0 Å². The van der Waals surface area contributed by atoms with E-state index >= 15 is 0 Å². The summed E-state index contributed by atoms with van der Waals surface area (Å²) in [7, 11) is 0. The van der Waals surface area contributed by atoms with E-state index in [1.54, 1.807) is 18.0 Å². The molecule has 20 heavy (non-hydrogen) atoms. The van der Waals surface area contributed by atoms with Gasteiger partial charge in [0.2, 0.25) is 0 Å². The van der Waals surface area contributed by atoms with Crippen LogP contribution in [-0.2, 0) is 10.5 Å². The zero-order valence-corrected chi connectivity index (χ0v) is 12.4. The maximum Gasteiger partial charge on any atom is 0.321 e. The van der Waals surface area contributed by atoms with Gasteiger partial charge in [-0.1, -0.05) is 12.1 Å². The fourth-order valence-electron chi connectivity index (χ4n) is 1.87. The van der Waals surface area contributed by atoms with Crippen molar-refractivity contribution >= 4 is 28.6 Å². The van der Waals surface area contributed by atoms with E-state index in [-0.39, 0.29) is 0 Å². The number of carbonyl (C=O) groups is 1. The second-order valence-electron chi connectivity index (χ2n) is 5.24. The van der Waals surface area contributed by atoms with Gasteiger partial charge in [-0.3, -0.25) is 9.78 Å². The van der Waals surface area contributed by atoms with Crippen molar-refractivity contribution in [1.29, 1.82) is 0 Å². The van der Waals surface area contributed by atoms with Crippen LogP contribution >= 0.6 is 11.8 Å². The van der Waals surface area contributed by atoms with Crippen molar-refractivity contribution in [2.75, 3.05) is 0 Å². The Morgan fingerprint density at radius 3 is 2.90 bits per heavy atom. The Morgan fingerprint density at radius 2 is 2.20 bits per heavy atom. The van der Waals surface area contributed by atoms with E-state index in [0.29, 0.717) is 0 Å². The Hall–Kier alpha value is -1.59. The Kier molecular flexibility index (Phi) is 4.30. The largest absolute Gasteiger partial charge is 0.480 e. The van der Waals surface area contributed by atoms with Crippen molar-refractivity contribution in [2.45, 2.75) is 30.4 Å². The lowest BCUT2D eigenvalue weighted by atomic mass is 10.1. The average Bonchev–Trinajstić information content (AvgIpc) is 2.44. The minimum Gasteiger partial charge on any atom is -0.480 e. The number of carboxylic acid groups (broad SMARTS) is 1. The number of rotatable bonds is 5. The summed E-state index contributed by atoms with van der Waals surface area (Å²) in [5.74, 6) is -0.246. The first-order valence-electron chi connectivity index (χ1n) is 6.36. The van der Waals surface area contributed by atoms with E-state index in [9.17, 15) is 4.79 Å². The summed E-state index contributed by atoms with van der Waals surface area (Å²) in [6.07, 6.45) is 1.77. The number of nitrogens with zero attached hydrogens (tertiary/aromatic N) is 1. The summed E-state index contributed by atoms with van der Waals surface area (Å²) >= 11 is 1.55. The second-order valence-corrected chi connectivity index (χ2v) is 6.87. The van der Waals surface area contributed by atoms with E-state index < -0.39 is 16.8 Å². The highest BCUT2D eigenvalue weighted by Gasteiger charge is 2.32. The van der Waals surface area contributed by atoms with Crippen LogP contribution < -0.4 is 5.73 Å². The third-order valence-electron chi connectivity index (χ3n) is 3.29. The number of hydrogen-bond acceptors (Lipinski definition) is 4. The van der Waals surface area contributed by atoms with Gasteiger partial charge < -0.3 is 10.8 Å². The van der Waals surface area contributed by atoms with Gasteiger partial charge in [-0.15, -0.1) is 11.8 Å². The van der Waals surface area contributed by atoms with E-state index in [1.165, 1.54) is 0 Å². The SMILES string of the molecule is CC(C)(SCc1ccc2ncccc2c1)[C@@H](N)C(=O)O. The maximum atomic E-state index is 11.0. The van der Waals surface area contributed by atoms with Gasteiger partial charge in [0.25, 0.3) is 0 Å². The Bertz CT molecular complexity index is 628. The molecule has 0 saturated carbocycles. The van der Waals surface area contributed by atoms with Crippen molar-refractivity contribution in [3.63, 3.8) is 0 Å². The Balaban J connectivity index is 2.11. The highest BCUT2D eigenvalue weighted by Crippen LogP contribution is 2.31. The van der Waals surface area contributed by atoms with Crippen molar-refractivity contribution in [1.82, 2.24) is 4.98 Å². The zero-order chi connectivity index (χ0) is 14.8. The predicted molar refractivity (Wildman–Crippen MR) is 82.7 cm³/mol. The molecule has 0 unspecified atom stereocenters. The molecule has 0 saturated heterocycles. The number of carboxylic acids is 1. The smallest absolute Gasteiger partial charge is 0.321 e. The van der Waals surface area contributed by atoms with Gasteiger partial charge >= 0.3 is 5.97 Å². The maximum absolute atomic E-state index is 11.0. The fourth-order valence-corrected chi connectivity index (χ4v) is 2.87. The summed E-state index contributed by atoms with van der Waals surface area (Å²) in [4.78, 5) is 15.3.